The fourth-order valence-electron chi connectivity index (χ4n) is 3.21. The normalized spacial score (nSPS) is 9.85. The van der Waals surface area contributed by atoms with E-state index in [-0.39, 0.29) is 30.0 Å². The molecule has 212 valence electrons. The fourth-order valence-corrected chi connectivity index (χ4v) is 3.21. The molecule has 4 rings (SSSR count). The van der Waals surface area contributed by atoms with Crippen LogP contribution in [0, 0.1) is 0 Å². The number of imidazole rings is 2. The molecule has 4 N–H and O–H groups in total. The van der Waals surface area contributed by atoms with E-state index in [1.807, 2.05) is 0 Å². The minimum atomic E-state index is -0.244. The summed E-state index contributed by atoms with van der Waals surface area (Å²) >= 11 is 0. The number of aromatic nitrogens is 6. The van der Waals surface area contributed by atoms with E-state index in [4.69, 9.17) is 10.4 Å². The smallest absolute Gasteiger partial charge is 0.276 e. The molecule has 15 nitrogen and oxygen atoms in total. The van der Waals surface area contributed by atoms with E-state index in [9.17, 15) is 14.4 Å². The Balaban J connectivity index is 0.000000368. The molecule has 0 fully saturated rings. The zero-order valence-electron chi connectivity index (χ0n) is 22.1. The molecule has 16 heteroatoms. The SMILES string of the molecule is CN(C(=O)c1cnc(C=NO)n1C)c1cccnc1.CN(C(=O)c1cnc(C=O)n1C)c1cccnc1.Cl.NO. The Kier molecular flexibility index (Phi) is 13.3. The summed E-state index contributed by atoms with van der Waals surface area (Å²) in [5.41, 5.74) is 2.10. The Labute approximate surface area is 235 Å². The Bertz CT molecular complexity index is 1410. The number of hydrogen-bond donors (Lipinski definition) is 3. The van der Waals surface area contributed by atoms with Crippen LogP contribution in [-0.4, -0.2) is 77.9 Å². The highest BCUT2D eigenvalue weighted by atomic mass is 35.5. The molecule has 0 saturated heterocycles. The van der Waals surface area contributed by atoms with Gasteiger partial charge in [-0.2, -0.15) is 0 Å². The van der Waals surface area contributed by atoms with Crippen LogP contribution < -0.4 is 15.7 Å². The van der Waals surface area contributed by atoms with Crippen LogP contribution in [-0.2, 0) is 14.1 Å². The lowest BCUT2D eigenvalue weighted by Gasteiger charge is -2.16. The number of carbonyl (C=O) groups excluding carboxylic acids is 3. The Morgan fingerprint density at radius 2 is 1.27 bits per heavy atom. The third-order valence-corrected chi connectivity index (χ3v) is 5.44. The molecule has 0 atom stereocenters. The molecule has 40 heavy (non-hydrogen) atoms. The van der Waals surface area contributed by atoms with E-state index in [2.05, 4.69) is 31.0 Å². The van der Waals surface area contributed by atoms with Crippen molar-refractivity contribution >= 4 is 48.1 Å². The van der Waals surface area contributed by atoms with Crippen molar-refractivity contribution in [2.75, 3.05) is 23.9 Å². The second-order valence-electron chi connectivity index (χ2n) is 7.63. The first-order valence-corrected chi connectivity index (χ1v) is 11.1. The van der Waals surface area contributed by atoms with Gasteiger partial charge in [0.05, 0.1) is 36.2 Å². The van der Waals surface area contributed by atoms with Crippen LogP contribution in [0.4, 0.5) is 11.4 Å². The van der Waals surface area contributed by atoms with E-state index in [1.165, 1.54) is 33.0 Å². The monoisotopic (exact) mass is 572 g/mol. The lowest BCUT2D eigenvalue weighted by atomic mass is 10.3. The number of carbonyl (C=O) groups is 3. The third-order valence-electron chi connectivity index (χ3n) is 5.44. The maximum atomic E-state index is 12.3. The van der Waals surface area contributed by atoms with Crippen LogP contribution in [0.5, 0.6) is 0 Å². The van der Waals surface area contributed by atoms with Gasteiger partial charge in [-0.1, -0.05) is 5.16 Å². The molecule has 0 radical (unpaired) electrons. The highest BCUT2D eigenvalue weighted by molar-refractivity contribution is 6.05. The van der Waals surface area contributed by atoms with E-state index < -0.39 is 0 Å². The number of nitrogens with two attached hydrogens (primary N) is 1. The summed E-state index contributed by atoms with van der Waals surface area (Å²) < 4.78 is 3.01. The quantitative estimate of drug-likeness (QED) is 0.132. The summed E-state index contributed by atoms with van der Waals surface area (Å²) in [7, 11) is 6.61. The van der Waals surface area contributed by atoms with Gasteiger partial charge in [-0.3, -0.25) is 24.4 Å². The standard InChI is InChI=1S/C12H13N5O2.C12H12N4O2.ClH.H3NO/c1-16(9-4-3-5-13-6-9)12(18)10-7-14-11(8-15-19)17(10)2;1-15(9-4-3-5-13-6-9)12(18)10-7-14-11(8-17)16(10)2;;1-2/h3-8,19H,1-2H3;3-8H,1-2H3;1H;2H,1H2. The first-order valence-electron chi connectivity index (χ1n) is 11.1. The zero-order valence-corrected chi connectivity index (χ0v) is 22.9. The molecule has 2 amide bonds. The lowest BCUT2D eigenvalue weighted by Crippen LogP contribution is -2.28. The van der Waals surface area contributed by atoms with Crippen molar-refractivity contribution in [3.8, 4) is 0 Å². The number of aldehydes is 1. The number of hydrogen-bond acceptors (Lipinski definition) is 11. The van der Waals surface area contributed by atoms with Gasteiger partial charge in [0.25, 0.3) is 11.8 Å². The van der Waals surface area contributed by atoms with E-state index in [0.717, 1.165) is 0 Å². The van der Waals surface area contributed by atoms with Gasteiger partial charge < -0.3 is 29.3 Å². The van der Waals surface area contributed by atoms with Gasteiger partial charge in [0, 0.05) is 40.6 Å². The van der Waals surface area contributed by atoms with Gasteiger partial charge >= 0.3 is 0 Å². The van der Waals surface area contributed by atoms with E-state index in [0.29, 0.717) is 34.9 Å². The van der Waals surface area contributed by atoms with Crippen molar-refractivity contribution in [3.63, 3.8) is 0 Å². The molecular weight excluding hydrogens is 544 g/mol. The molecule has 0 saturated carbocycles. The molecule has 0 bridgehead atoms. The van der Waals surface area contributed by atoms with Crippen LogP contribution in [0.15, 0.2) is 66.6 Å². The Morgan fingerprint density at radius 1 is 0.850 bits per heavy atom. The zero-order chi connectivity index (χ0) is 28.9. The highest BCUT2D eigenvalue weighted by Crippen LogP contribution is 2.15. The van der Waals surface area contributed by atoms with Crippen LogP contribution in [0.1, 0.15) is 37.4 Å². The number of pyridine rings is 2. The Hall–Kier alpha value is -4.99. The molecule has 4 heterocycles. The molecule has 0 aliphatic rings. The maximum absolute atomic E-state index is 12.3. The number of amides is 2. The van der Waals surface area contributed by atoms with Gasteiger partial charge in [0.15, 0.2) is 17.9 Å². The van der Waals surface area contributed by atoms with Crippen LogP contribution >= 0.6 is 12.4 Å². The third kappa shape index (κ3) is 7.76. The molecule has 4 aromatic heterocycles. The van der Waals surface area contributed by atoms with Crippen molar-refractivity contribution < 1.29 is 24.8 Å². The average molecular weight is 573 g/mol. The van der Waals surface area contributed by atoms with Crippen molar-refractivity contribution in [1.29, 1.82) is 0 Å². The number of nitrogens with zero attached hydrogens (tertiary/aromatic N) is 9. The summed E-state index contributed by atoms with van der Waals surface area (Å²) in [4.78, 5) is 53.9. The topological polar surface area (TPSA) is 198 Å². The second-order valence-corrected chi connectivity index (χ2v) is 7.63. The van der Waals surface area contributed by atoms with Crippen LogP contribution in [0.25, 0.3) is 0 Å². The van der Waals surface area contributed by atoms with Crippen LogP contribution in [0.2, 0.25) is 0 Å². The Morgan fingerprint density at radius 3 is 1.62 bits per heavy atom. The molecule has 0 aliphatic heterocycles. The molecular formula is C24H29ClN10O5. The average Bonchev–Trinajstić information content (AvgIpc) is 3.55. The van der Waals surface area contributed by atoms with Crippen molar-refractivity contribution in [3.05, 3.63) is 84.5 Å². The minimum Gasteiger partial charge on any atom is -0.411 e. The highest BCUT2D eigenvalue weighted by Gasteiger charge is 2.19. The van der Waals surface area contributed by atoms with Crippen LogP contribution in [0.3, 0.4) is 0 Å². The van der Waals surface area contributed by atoms with E-state index >= 15 is 0 Å². The first-order chi connectivity index (χ1) is 18.8. The summed E-state index contributed by atoms with van der Waals surface area (Å²) in [6.45, 7) is 0. The lowest BCUT2D eigenvalue weighted by molar-refractivity contribution is 0.0977. The summed E-state index contributed by atoms with van der Waals surface area (Å²) in [6.07, 6.45) is 11.1. The summed E-state index contributed by atoms with van der Waals surface area (Å²) in [5.74, 6) is 3.65. The van der Waals surface area contributed by atoms with Crippen molar-refractivity contribution in [2.45, 2.75) is 0 Å². The van der Waals surface area contributed by atoms with Gasteiger partial charge in [-0.05, 0) is 24.3 Å². The predicted octanol–water partition coefficient (Wildman–Crippen LogP) is 1.56. The minimum absolute atomic E-state index is 0. The second kappa shape index (κ2) is 16.1. The first kappa shape index (κ1) is 33.0. The van der Waals surface area contributed by atoms with Gasteiger partial charge in [-0.25, -0.2) is 15.9 Å². The predicted molar refractivity (Wildman–Crippen MR) is 148 cm³/mol. The van der Waals surface area contributed by atoms with Gasteiger partial charge in [-0.15, -0.1) is 12.4 Å². The summed E-state index contributed by atoms with van der Waals surface area (Å²) in [6, 6.07) is 7.07. The molecule has 0 unspecified atom stereocenters. The molecule has 0 aromatic carbocycles. The molecule has 0 aliphatic carbocycles. The molecule has 0 spiro atoms. The fraction of sp³-hybridized carbons (Fsp3) is 0.167. The number of anilines is 2. The summed E-state index contributed by atoms with van der Waals surface area (Å²) in [5, 5.41) is 17.9. The van der Waals surface area contributed by atoms with Crippen molar-refractivity contribution in [1.82, 2.24) is 29.1 Å². The number of halogens is 1. The van der Waals surface area contributed by atoms with E-state index in [1.54, 1.807) is 81.8 Å². The van der Waals surface area contributed by atoms with Crippen molar-refractivity contribution in [2.24, 2.45) is 25.1 Å². The molecule has 4 aromatic rings. The van der Waals surface area contributed by atoms with Gasteiger partial charge in [0.1, 0.15) is 17.6 Å². The maximum Gasteiger partial charge on any atom is 0.276 e. The largest absolute Gasteiger partial charge is 0.411 e. The number of rotatable bonds is 6. The number of oxime groups is 1. The van der Waals surface area contributed by atoms with Gasteiger partial charge in [0.2, 0.25) is 0 Å².